The van der Waals surface area contributed by atoms with Crippen LogP contribution in [0.2, 0.25) is 0 Å². The van der Waals surface area contributed by atoms with Gasteiger partial charge < -0.3 is 10.1 Å². The summed E-state index contributed by atoms with van der Waals surface area (Å²) in [5.41, 5.74) is 2.20. The van der Waals surface area contributed by atoms with Crippen LogP contribution in [-0.4, -0.2) is 39.0 Å². The molecule has 2 atom stereocenters. The fourth-order valence-corrected chi connectivity index (χ4v) is 5.89. The fourth-order valence-electron chi connectivity index (χ4n) is 4.10. The van der Waals surface area contributed by atoms with Crippen LogP contribution in [0.25, 0.3) is 0 Å². The van der Waals surface area contributed by atoms with Gasteiger partial charge in [0.1, 0.15) is 12.6 Å². The number of amides is 1. The van der Waals surface area contributed by atoms with Crippen LogP contribution in [0, 0.1) is 0 Å². The Hall–Kier alpha value is -3.79. The maximum Gasteiger partial charge on any atom is 0.324 e. The molecule has 40 heavy (non-hydrogen) atoms. The molecule has 4 aromatic rings. The summed E-state index contributed by atoms with van der Waals surface area (Å²) in [5, 5.41) is 2.95. The number of hydrogen-bond acceptors (Lipinski definition) is 5. The number of nitrogens with one attached hydrogen (secondary N) is 2. The Morgan fingerprint density at radius 2 is 1.32 bits per heavy atom. The average molecular weight is 622 g/mol. The van der Waals surface area contributed by atoms with Crippen LogP contribution in [0.3, 0.4) is 0 Å². The lowest BCUT2D eigenvalue weighted by molar-refractivity contribution is -0.146. The SMILES string of the molecule is O=C(N[C@@H](COC(=O)[C@@H](Cc1ccccc1)NS(=O)(=O)c1cccc(Br)c1)Cc1ccccc1)c1ccccc1. The van der Waals surface area contributed by atoms with E-state index in [0.29, 0.717) is 16.5 Å². The number of rotatable bonds is 12. The van der Waals surface area contributed by atoms with Gasteiger partial charge in [-0.3, -0.25) is 9.59 Å². The Labute approximate surface area is 242 Å². The van der Waals surface area contributed by atoms with Crippen molar-refractivity contribution in [3.05, 3.63) is 136 Å². The Morgan fingerprint density at radius 1 is 0.750 bits per heavy atom. The van der Waals surface area contributed by atoms with Crippen LogP contribution in [0.5, 0.6) is 0 Å². The van der Waals surface area contributed by atoms with Gasteiger partial charge in [0.25, 0.3) is 5.91 Å². The van der Waals surface area contributed by atoms with Gasteiger partial charge >= 0.3 is 5.97 Å². The largest absolute Gasteiger partial charge is 0.462 e. The monoisotopic (exact) mass is 620 g/mol. The molecule has 0 saturated carbocycles. The number of benzene rings is 4. The molecule has 4 aromatic carbocycles. The first-order valence-electron chi connectivity index (χ1n) is 12.7. The van der Waals surface area contributed by atoms with Crippen LogP contribution in [0.15, 0.2) is 125 Å². The minimum absolute atomic E-state index is 0.0183. The number of carbonyl (C=O) groups excluding carboxylic acids is 2. The molecule has 0 aliphatic heterocycles. The highest BCUT2D eigenvalue weighted by molar-refractivity contribution is 9.10. The average Bonchev–Trinajstić information content (AvgIpc) is 2.97. The summed E-state index contributed by atoms with van der Waals surface area (Å²) in [6.07, 6.45) is 0.506. The van der Waals surface area contributed by atoms with E-state index in [0.717, 1.165) is 11.1 Å². The predicted molar refractivity (Wildman–Crippen MR) is 157 cm³/mol. The van der Waals surface area contributed by atoms with E-state index in [4.69, 9.17) is 4.74 Å². The summed E-state index contributed by atoms with van der Waals surface area (Å²) >= 11 is 3.29. The minimum Gasteiger partial charge on any atom is -0.462 e. The Morgan fingerprint density at radius 3 is 1.93 bits per heavy atom. The number of halogens is 1. The highest BCUT2D eigenvalue weighted by Crippen LogP contribution is 2.17. The second-order valence-corrected chi connectivity index (χ2v) is 11.8. The van der Waals surface area contributed by atoms with E-state index in [1.165, 1.54) is 12.1 Å². The van der Waals surface area contributed by atoms with Crippen molar-refractivity contribution < 1.29 is 22.7 Å². The van der Waals surface area contributed by atoms with Crippen molar-refractivity contribution in [2.24, 2.45) is 0 Å². The second-order valence-electron chi connectivity index (χ2n) is 9.18. The van der Waals surface area contributed by atoms with Gasteiger partial charge in [0.15, 0.2) is 0 Å². The normalized spacial score (nSPS) is 12.7. The molecule has 7 nitrogen and oxygen atoms in total. The van der Waals surface area contributed by atoms with Gasteiger partial charge in [-0.1, -0.05) is 101 Å². The van der Waals surface area contributed by atoms with E-state index in [1.807, 2.05) is 66.7 Å². The van der Waals surface area contributed by atoms with E-state index in [1.54, 1.807) is 36.4 Å². The molecule has 0 spiro atoms. The van der Waals surface area contributed by atoms with Crippen molar-refractivity contribution >= 4 is 37.8 Å². The maximum atomic E-state index is 13.4. The zero-order valence-electron chi connectivity index (χ0n) is 21.6. The third-order valence-electron chi connectivity index (χ3n) is 6.09. The van der Waals surface area contributed by atoms with Gasteiger partial charge in [-0.15, -0.1) is 0 Å². The summed E-state index contributed by atoms with van der Waals surface area (Å²) in [4.78, 5) is 26.3. The summed E-state index contributed by atoms with van der Waals surface area (Å²) in [6.45, 7) is -0.143. The van der Waals surface area contributed by atoms with Gasteiger partial charge in [-0.2, -0.15) is 4.72 Å². The predicted octanol–water partition coefficient (Wildman–Crippen LogP) is 4.92. The maximum absolute atomic E-state index is 13.4. The van der Waals surface area contributed by atoms with Crippen LogP contribution >= 0.6 is 15.9 Å². The topological polar surface area (TPSA) is 102 Å². The molecule has 0 aliphatic rings. The molecule has 0 aliphatic carbocycles. The highest BCUT2D eigenvalue weighted by Gasteiger charge is 2.28. The minimum atomic E-state index is -4.04. The molecule has 0 aromatic heterocycles. The summed E-state index contributed by atoms with van der Waals surface area (Å²) in [7, 11) is -4.04. The lowest BCUT2D eigenvalue weighted by Crippen LogP contribution is -2.46. The van der Waals surface area contributed by atoms with Gasteiger partial charge in [0.05, 0.1) is 10.9 Å². The van der Waals surface area contributed by atoms with Crippen molar-refractivity contribution in [1.82, 2.24) is 10.0 Å². The first-order chi connectivity index (χ1) is 19.3. The van der Waals surface area contributed by atoms with Crippen molar-refractivity contribution in [2.75, 3.05) is 6.61 Å². The molecule has 2 N–H and O–H groups in total. The molecule has 9 heteroatoms. The first kappa shape index (κ1) is 29.2. The lowest BCUT2D eigenvalue weighted by atomic mass is 10.1. The van der Waals surface area contributed by atoms with Gasteiger partial charge in [-0.25, -0.2) is 8.42 Å². The molecular formula is C31H29BrN2O5S. The number of ether oxygens (including phenoxy) is 1. The van der Waals surface area contributed by atoms with Crippen LogP contribution in [0.1, 0.15) is 21.5 Å². The molecule has 4 rings (SSSR count). The first-order valence-corrected chi connectivity index (χ1v) is 15.0. The molecule has 0 radical (unpaired) electrons. The third kappa shape index (κ3) is 8.61. The van der Waals surface area contributed by atoms with Crippen molar-refractivity contribution in [1.29, 1.82) is 0 Å². The molecule has 0 fully saturated rings. The van der Waals surface area contributed by atoms with Crippen LogP contribution in [-0.2, 0) is 32.4 Å². The number of sulfonamides is 1. The third-order valence-corrected chi connectivity index (χ3v) is 8.06. The number of carbonyl (C=O) groups is 2. The number of hydrogen-bond donors (Lipinski definition) is 2. The molecule has 206 valence electrons. The van der Waals surface area contributed by atoms with Crippen molar-refractivity contribution in [2.45, 2.75) is 29.8 Å². The van der Waals surface area contributed by atoms with E-state index < -0.39 is 28.1 Å². The molecule has 1 amide bonds. The molecule has 0 heterocycles. The van der Waals surface area contributed by atoms with E-state index >= 15 is 0 Å². The Kier molecular flexibility index (Phi) is 10.2. The zero-order valence-corrected chi connectivity index (χ0v) is 24.0. The van der Waals surface area contributed by atoms with Crippen LogP contribution in [0.4, 0.5) is 0 Å². The molecule has 0 bridgehead atoms. The fraction of sp³-hybridized carbons (Fsp3) is 0.161. The van der Waals surface area contributed by atoms with Crippen molar-refractivity contribution in [3.63, 3.8) is 0 Å². The zero-order chi connectivity index (χ0) is 28.4. The Balaban J connectivity index is 1.52. The van der Waals surface area contributed by atoms with Crippen LogP contribution < -0.4 is 10.0 Å². The lowest BCUT2D eigenvalue weighted by Gasteiger charge is -2.22. The standard InChI is InChI=1S/C31H29BrN2O5S/c32-26-17-10-18-28(21-26)40(37,38)34-29(20-24-13-6-2-7-14-24)31(36)39-22-27(19-23-11-4-1-5-12-23)33-30(35)25-15-8-3-9-16-25/h1-18,21,27,29,34H,19-20,22H2,(H,33,35)/t27-,29-/m1/s1. The van der Waals surface area contributed by atoms with Gasteiger partial charge in [-0.05, 0) is 54.3 Å². The van der Waals surface area contributed by atoms with Gasteiger partial charge in [0, 0.05) is 10.0 Å². The van der Waals surface area contributed by atoms with E-state index in [-0.39, 0.29) is 23.8 Å². The molecule has 0 saturated heterocycles. The van der Waals surface area contributed by atoms with Crippen molar-refractivity contribution in [3.8, 4) is 0 Å². The quantitative estimate of drug-likeness (QED) is 0.219. The van der Waals surface area contributed by atoms with E-state index in [2.05, 4.69) is 26.0 Å². The highest BCUT2D eigenvalue weighted by atomic mass is 79.9. The second kappa shape index (κ2) is 14.0. The Bertz CT molecular complexity index is 1520. The molecular weight excluding hydrogens is 592 g/mol. The summed E-state index contributed by atoms with van der Waals surface area (Å²) in [6, 6.07) is 31.9. The summed E-state index contributed by atoms with van der Waals surface area (Å²) in [5.74, 6) is -1.04. The van der Waals surface area contributed by atoms with E-state index in [9.17, 15) is 18.0 Å². The molecule has 0 unspecified atom stereocenters. The smallest absolute Gasteiger partial charge is 0.324 e. The summed E-state index contributed by atoms with van der Waals surface area (Å²) < 4.78 is 35.1. The number of esters is 1. The van der Waals surface area contributed by atoms with Gasteiger partial charge in [0.2, 0.25) is 10.0 Å².